The second-order valence-electron chi connectivity index (χ2n) is 4.97. The summed E-state index contributed by atoms with van der Waals surface area (Å²) in [5.74, 6) is 0. The molecule has 0 radical (unpaired) electrons. The Hall–Kier alpha value is -1.03. The van der Waals surface area contributed by atoms with Crippen LogP contribution in [0.2, 0.25) is 0 Å². The SMILES string of the molecule is O=S(=O)(O)O[C@@H]1CN[C@@H](COCc2ccccc2)C[C@H]1O. The van der Waals surface area contributed by atoms with Crippen molar-refractivity contribution in [1.82, 2.24) is 5.32 Å². The van der Waals surface area contributed by atoms with Gasteiger partial charge in [-0.15, -0.1) is 0 Å². The van der Waals surface area contributed by atoms with Crippen LogP contribution in [0.4, 0.5) is 0 Å². The van der Waals surface area contributed by atoms with E-state index in [-0.39, 0.29) is 19.0 Å². The summed E-state index contributed by atoms with van der Waals surface area (Å²) in [5, 5.41) is 12.8. The van der Waals surface area contributed by atoms with Crippen molar-refractivity contribution in [3.63, 3.8) is 0 Å². The minimum atomic E-state index is -4.56. The van der Waals surface area contributed by atoms with Crippen molar-refractivity contribution in [2.75, 3.05) is 13.2 Å². The molecule has 1 aliphatic rings. The molecule has 0 amide bonds. The predicted octanol–water partition coefficient (Wildman–Crippen LogP) is 0.114. The Morgan fingerprint density at radius 1 is 1.29 bits per heavy atom. The smallest absolute Gasteiger partial charge is 0.390 e. The van der Waals surface area contributed by atoms with Crippen LogP contribution in [0.3, 0.4) is 0 Å². The summed E-state index contributed by atoms with van der Waals surface area (Å²) in [4.78, 5) is 0. The highest BCUT2D eigenvalue weighted by molar-refractivity contribution is 7.80. The lowest BCUT2D eigenvalue weighted by Crippen LogP contribution is -2.52. The Morgan fingerprint density at radius 3 is 2.62 bits per heavy atom. The van der Waals surface area contributed by atoms with Crippen molar-refractivity contribution in [3.8, 4) is 0 Å². The van der Waals surface area contributed by atoms with E-state index >= 15 is 0 Å². The van der Waals surface area contributed by atoms with Gasteiger partial charge in [-0.05, 0) is 12.0 Å². The van der Waals surface area contributed by atoms with Crippen molar-refractivity contribution in [1.29, 1.82) is 0 Å². The summed E-state index contributed by atoms with van der Waals surface area (Å²) in [6.07, 6.45) is -1.67. The van der Waals surface area contributed by atoms with Gasteiger partial charge in [0.2, 0.25) is 0 Å². The zero-order chi connectivity index (χ0) is 15.3. The van der Waals surface area contributed by atoms with Crippen molar-refractivity contribution in [2.24, 2.45) is 0 Å². The van der Waals surface area contributed by atoms with Crippen molar-refractivity contribution in [2.45, 2.75) is 31.3 Å². The summed E-state index contributed by atoms with van der Waals surface area (Å²) in [6, 6.07) is 9.61. The van der Waals surface area contributed by atoms with E-state index in [1.54, 1.807) is 0 Å². The van der Waals surface area contributed by atoms with Crippen molar-refractivity contribution >= 4 is 10.4 Å². The van der Waals surface area contributed by atoms with Crippen LogP contribution in [0.15, 0.2) is 30.3 Å². The number of hydrogen-bond donors (Lipinski definition) is 3. The van der Waals surface area contributed by atoms with Gasteiger partial charge in [-0.25, -0.2) is 4.18 Å². The molecule has 3 atom stereocenters. The van der Waals surface area contributed by atoms with Gasteiger partial charge in [-0.3, -0.25) is 4.55 Å². The third kappa shape index (κ3) is 5.70. The van der Waals surface area contributed by atoms with E-state index in [9.17, 15) is 13.5 Å². The molecule has 0 spiro atoms. The van der Waals surface area contributed by atoms with Gasteiger partial charge in [0.05, 0.1) is 19.3 Å². The Balaban J connectivity index is 1.73. The van der Waals surface area contributed by atoms with Gasteiger partial charge >= 0.3 is 10.4 Å². The van der Waals surface area contributed by atoms with E-state index in [0.717, 1.165) is 5.56 Å². The molecule has 3 N–H and O–H groups in total. The Kier molecular flexibility index (Phi) is 5.68. The standard InChI is InChI=1S/C13H19NO6S/c15-12-6-11(14-7-13(12)20-21(16,17)18)9-19-8-10-4-2-1-3-5-10/h1-5,11-15H,6-9H2,(H,16,17,18)/t11-,12-,13-/m1/s1. The van der Waals surface area contributed by atoms with Crippen LogP contribution in [-0.2, 0) is 25.9 Å². The fourth-order valence-corrected chi connectivity index (χ4v) is 2.73. The molecule has 0 bridgehead atoms. The van der Waals surface area contributed by atoms with Gasteiger partial charge < -0.3 is 15.2 Å². The second kappa shape index (κ2) is 7.30. The number of piperidine rings is 1. The van der Waals surface area contributed by atoms with E-state index in [1.807, 2.05) is 30.3 Å². The van der Waals surface area contributed by atoms with Crippen LogP contribution in [0.25, 0.3) is 0 Å². The average Bonchev–Trinajstić information content (AvgIpc) is 2.42. The van der Waals surface area contributed by atoms with Crippen LogP contribution < -0.4 is 5.32 Å². The first kappa shape index (κ1) is 16.3. The molecule has 0 unspecified atom stereocenters. The quantitative estimate of drug-likeness (QED) is 0.640. The predicted molar refractivity (Wildman–Crippen MR) is 74.9 cm³/mol. The lowest BCUT2D eigenvalue weighted by molar-refractivity contribution is -0.0161. The van der Waals surface area contributed by atoms with Gasteiger partial charge in [0.1, 0.15) is 6.10 Å². The van der Waals surface area contributed by atoms with Gasteiger partial charge in [0.15, 0.2) is 0 Å². The molecule has 21 heavy (non-hydrogen) atoms. The lowest BCUT2D eigenvalue weighted by Gasteiger charge is -2.32. The number of benzene rings is 1. The molecule has 1 fully saturated rings. The van der Waals surface area contributed by atoms with E-state index < -0.39 is 22.6 Å². The van der Waals surface area contributed by atoms with Crippen LogP contribution in [-0.4, -0.2) is 49.5 Å². The van der Waals surface area contributed by atoms with E-state index in [1.165, 1.54) is 0 Å². The maximum Gasteiger partial charge on any atom is 0.397 e. The molecule has 1 aromatic rings. The summed E-state index contributed by atoms with van der Waals surface area (Å²) < 4.78 is 39.8. The Bertz CT molecular complexity index is 535. The third-order valence-corrected chi connectivity index (χ3v) is 3.73. The summed E-state index contributed by atoms with van der Waals surface area (Å²) in [7, 11) is -4.56. The number of aliphatic hydroxyl groups excluding tert-OH is 1. The van der Waals surface area contributed by atoms with Crippen molar-refractivity contribution < 1.29 is 27.0 Å². The van der Waals surface area contributed by atoms with Crippen molar-refractivity contribution in [3.05, 3.63) is 35.9 Å². The van der Waals surface area contributed by atoms with E-state index in [2.05, 4.69) is 9.50 Å². The molecule has 1 aromatic carbocycles. The first-order chi connectivity index (χ1) is 9.94. The van der Waals surface area contributed by atoms with E-state index in [0.29, 0.717) is 13.2 Å². The summed E-state index contributed by atoms with van der Waals surface area (Å²) in [6.45, 7) is 0.991. The Morgan fingerprint density at radius 2 is 2.00 bits per heavy atom. The zero-order valence-corrected chi connectivity index (χ0v) is 12.2. The fourth-order valence-electron chi connectivity index (χ4n) is 2.22. The van der Waals surface area contributed by atoms with Crippen LogP contribution >= 0.6 is 0 Å². The fraction of sp³-hybridized carbons (Fsp3) is 0.538. The molecule has 0 saturated carbocycles. The maximum atomic E-state index is 10.6. The number of ether oxygens (including phenoxy) is 1. The third-order valence-electron chi connectivity index (χ3n) is 3.24. The monoisotopic (exact) mass is 317 g/mol. The van der Waals surface area contributed by atoms with Crippen LogP contribution in [0.5, 0.6) is 0 Å². The highest BCUT2D eigenvalue weighted by Gasteiger charge is 2.32. The summed E-state index contributed by atoms with van der Waals surface area (Å²) in [5.41, 5.74) is 1.06. The van der Waals surface area contributed by atoms with Gasteiger partial charge in [-0.1, -0.05) is 30.3 Å². The minimum Gasteiger partial charge on any atom is -0.390 e. The van der Waals surface area contributed by atoms with Crippen LogP contribution in [0.1, 0.15) is 12.0 Å². The zero-order valence-electron chi connectivity index (χ0n) is 11.4. The molecule has 2 rings (SSSR count). The molecule has 0 aliphatic carbocycles. The van der Waals surface area contributed by atoms with Crippen LogP contribution in [0, 0.1) is 0 Å². The highest BCUT2D eigenvalue weighted by Crippen LogP contribution is 2.15. The molecule has 1 heterocycles. The number of rotatable bonds is 6. The molecule has 118 valence electrons. The molecule has 0 aromatic heterocycles. The number of nitrogens with one attached hydrogen (secondary N) is 1. The molecular weight excluding hydrogens is 298 g/mol. The molecule has 1 aliphatic heterocycles. The molecule has 7 nitrogen and oxygen atoms in total. The van der Waals surface area contributed by atoms with Gasteiger partial charge in [0.25, 0.3) is 0 Å². The topological polar surface area (TPSA) is 105 Å². The lowest BCUT2D eigenvalue weighted by atomic mass is 10.0. The Labute approximate surface area is 123 Å². The molecular formula is C13H19NO6S. The largest absolute Gasteiger partial charge is 0.397 e. The first-order valence-corrected chi connectivity index (χ1v) is 7.99. The normalized spacial score (nSPS) is 26.7. The first-order valence-electron chi connectivity index (χ1n) is 6.63. The second-order valence-corrected chi connectivity index (χ2v) is 6.02. The van der Waals surface area contributed by atoms with E-state index in [4.69, 9.17) is 9.29 Å². The van der Waals surface area contributed by atoms with Gasteiger partial charge in [-0.2, -0.15) is 8.42 Å². The molecule has 1 saturated heterocycles. The average molecular weight is 317 g/mol. The van der Waals surface area contributed by atoms with Gasteiger partial charge in [0, 0.05) is 12.6 Å². The summed E-state index contributed by atoms with van der Waals surface area (Å²) >= 11 is 0. The minimum absolute atomic E-state index is 0.0926. The maximum absolute atomic E-state index is 10.6. The molecule has 8 heteroatoms. The number of aliphatic hydroxyl groups is 1. The number of hydrogen-bond acceptors (Lipinski definition) is 6. The highest BCUT2D eigenvalue weighted by atomic mass is 32.3.